The molecule has 3 rings (SSSR count). The molecule has 0 aliphatic heterocycles. The van der Waals surface area contributed by atoms with Gasteiger partial charge < -0.3 is 5.32 Å². The van der Waals surface area contributed by atoms with Gasteiger partial charge in [-0.15, -0.1) is 0 Å². The van der Waals surface area contributed by atoms with Crippen LogP contribution in [-0.2, 0) is 0 Å². The van der Waals surface area contributed by atoms with E-state index in [1.807, 2.05) is 24.4 Å². The van der Waals surface area contributed by atoms with Gasteiger partial charge in [0.05, 0.1) is 0 Å². The molecule has 1 aromatic heterocycles. The molecule has 15 heavy (non-hydrogen) atoms. The number of pyridine rings is 1. The van der Waals surface area contributed by atoms with Crippen LogP contribution in [0.1, 0.15) is 25.7 Å². The summed E-state index contributed by atoms with van der Waals surface area (Å²) in [6.07, 6.45) is 7.76. The lowest BCUT2D eigenvalue weighted by Crippen LogP contribution is -2.20. The summed E-state index contributed by atoms with van der Waals surface area (Å²) in [5, 5.41) is 3.46. The lowest BCUT2D eigenvalue weighted by molar-refractivity contribution is 0.348. The third-order valence-electron chi connectivity index (χ3n) is 4.09. The van der Waals surface area contributed by atoms with Gasteiger partial charge in [-0.3, -0.25) is 0 Å². The number of rotatable bonds is 3. The Morgan fingerprint density at radius 2 is 2.27 bits per heavy atom. The first-order valence-electron chi connectivity index (χ1n) is 6.07. The molecule has 0 radical (unpaired) electrons. The van der Waals surface area contributed by atoms with Crippen LogP contribution in [0.25, 0.3) is 0 Å². The molecule has 2 fully saturated rings. The molecule has 3 atom stereocenters. The van der Waals surface area contributed by atoms with E-state index >= 15 is 0 Å². The van der Waals surface area contributed by atoms with Crippen molar-refractivity contribution >= 4 is 5.82 Å². The summed E-state index contributed by atoms with van der Waals surface area (Å²) in [4.78, 5) is 4.29. The Morgan fingerprint density at radius 1 is 1.27 bits per heavy atom. The van der Waals surface area contributed by atoms with Gasteiger partial charge in [0.1, 0.15) is 5.82 Å². The van der Waals surface area contributed by atoms with Crippen LogP contribution in [0.3, 0.4) is 0 Å². The average Bonchev–Trinajstić information content (AvgIpc) is 2.89. The largest absolute Gasteiger partial charge is 0.370 e. The van der Waals surface area contributed by atoms with Gasteiger partial charge in [0.25, 0.3) is 0 Å². The van der Waals surface area contributed by atoms with Crippen molar-refractivity contribution < 1.29 is 0 Å². The summed E-state index contributed by atoms with van der Waals surface area (Å²) in [5.41, 5.74) is 0. The van der Waals surface area contributed by atoms with Crippen molar-refractivity contribution in [2.45, 2.75) is 25.7 Å². The van der Waals surface area contributed by atoms with Crippen LogP contribution in [0, 0.1) is 17.8 Å². The zero-order valence-electron chi connectivity index (χ0n) is 9.02. The normalized spacial score (nSPS) is 33.2. The smallest absolute Gasteiger partial charge is 0.125 e. The van der Waals surface area contributed by atoms with E-state index in [0.717, 1.165) is 30.1 Å². The van der Waals surface area contributed by atoms with Gasteiger partial charge in [-0.2, -0.15) is 0 Å². The molecule has 2 bridgehead atoms. The Kier molecular flexibility index (Phi) is 2.35. The molecule has 0 spiro atoms. The zero-order valence-corrected chi connectivity index (χ0v) is 9.02. The SMILES string of the molecule is c1ccc(NCC2CC3CCC2C3)nc1. The summed E-state index contributed by atoms with van der Waals surface area (Å²) in [5.74, 6) is 3.99. The maximum absolute atomic E-state index is 4.29. The first-order chi connectivity index (χ1) is 7.42. The molecule has 2 aliphatic carbocycles. The van der Waals surface area contributed by atoms with E-state index in [1.165, 1.54) is 25.7 Å². The molecule has 3 unspecified atom stereocenters. The molecule has 2 nitrogen and oxygen atoms in total. The van der Waals surface area contributed by atoms with Gasteiger partial charge in [0, 0.05) is 12.7 Å². The Morgan fingerprint density at radius 3 is 2.93 bits per heavy atom. The molecule has 80 valence electrons. The number of hydrogen-bond acceptors (Lipinski definition) is 2. The molecule has 0 aromatic carbocycles. The summed E-state index contributed by atoms with van der Waals surface area (Å²) in [6.45, 7) is 1.12. The van der Waals surface area contributed by atoms with Crippen molar-refractivity contribution in [1.29, 1.82) is 0 Å². The molecule has 2 heteroatoms. The van der Waals surface area contributed by atoms with Crippen molar-refractivity contribution in [3.05, 3.63) is 24.4 Å². The highest BCUT2D eigenvalue weighted by Crippen LogP contribution is 2.48. The van der Waals surface area contributed by atoms with E-state index in [-0.39, 0.29) is 0 Å². The molecule has 2 saturated carbocycles. The quantitative estimate of drug-likeness (QED) is 0.815. The van der Waals surface area contributed by atoms with E-state index in [1.54, 1.807) is 0 Å². The minimum absolute atomic E-state index is 0.908. The summed E-state index contributed by atoms with van der Waals surface area (Å²) < 4.78 is 0. The van der Waals surface area contributed by atoms with Gasteiger partial charge >= 0.3 is 0 Å². The van der Waals surface area contributed by atoms with E-state index < -0.39 is 0 Å². The van der Waals surface area contributed by atoms with Gasteiger partial charge in [0.15, 0.2) is 0 Å². The fourth-order valence-electron chi connectivity index (χ4n) is 3.33. The van der Waals surface area contributed by atoms with Crippen LogP contribution in [-0.4, -0.2) is 11.5 Å². The topological polar surface area (TPSA) is 24.9 Å². The van der Waals surface area contributed by atoms with Gasteiger partial charge in [-0.05, 0) is 49.1 Å². The lowest BCUT2D eigenvalue weighted by Gasteiger charge is -2.21. The maximum atomic E-state index is 4.29. The number of hydrogen-bond donors (Lipinski definition) is 1. The highest BCUT2D eigenvalue weighted by Gasteiger charge is 2.38. The maximum Gasteiger partial charge on any atom is 0.125 e. The second kappa shape index (κ2) is 3.84. The minimum atomic E-state index is 0.908. The summed E-state index contributed by atoms with van der Waals surface area (Å²) in [7, 11) is 0. The Bertz CT molecular complexity index is 323. The Balaban J connectivity index is 1.55. The molecule has 0 saturated heterocycles. The minimum Gasteiger partial charge on any atom is -0.370 e. The van der Waals surface area contributed by atoms with Crippen LogP contribution in [0.4, 0.5) is 5.82 Å². The van der Waals surface area contributed by atoms with Gasteiger partial charge in [-0.25, -0.2) is 4.98 Å². The monoisotopic (exact) mass is 202 g/mol. The van der Waals surface area contributed by atoms with Crippen LogP contribution in [0.2, 0.25) is 0 Å². The molecule has 1 heterocycles. The predicted molar refractivity (Wildman–Crippen MR) is 61.7 cm³/mol. The van der Waals surface area contributed by atoms with Gasteiger partial charge in [-0.1, -0.05) is 12.5 Å². The second-order valence-electron chi connectivity index (χ2n) is 5.03. The fourth-order valence-corrected chi connectivity index (χ4v) is 3.33. The number of nitrogens with zero attached hydrogens (tertiary/aromatic N) is 1. The van der Waals surface area contributed by atoms with Crippen LogP contribution < -0.4 is 5.32 Å². The Hall–Kier alpha value is -1.05. The average molecular weight is 202 g/mol. The second-order valence-corrected chi connectivity index (χ2v) is 5.03. The third kappa shape index (κ3) is 1.85. The Labute approximate surface area is 91.1 Å². The molecular formula is C13H18N2. The van der Waals surface area contributed by atoms with Crippen molar-refractivity contribution in [3.63, 3.8) is 0 Å². The molecule has 0 amide bonds. The van der Waals surface area contributed by atoms with E-state index in [4.69, 9.17) is 0 Å². The fraction of sp³-hybridized carbons (Fsp3) is 0.615. The van der Waals surface area contributed by atoms with Crippen molar-refractivity contribution in [1.82, 2.24) is 4.98 Å². The standard InChI is InChI=1S/C13H18N2/c1-2-6-14-13(3-1)15-9-12-8-10-4-5-11(12)7-10/h1-3,6,10-12H,4-5,7-9H2,(H,14,15). The highest BCUT2D eigenvalue weighted by atomic mass is 15.0. The highest BCUT2D eigenvalue weighted by molar-refractivity contribution is 5.33. The van der Waals surface area contributed by atoms with E-state index in [0.29, 0.717) is 0 Å². The third-order valence-corrected chi connectivity index (χ3v) is 4.09. The van der Waals surface area contributed by atoms with E-state index in [2.05, 4.69) is 10.3 Å². The molecular weight excluding hydrogens is 184 g/mol. The van der Waals surface area contributed by atoms with Crippen molar-refractivity contribution in [2.75, 3.05) is 11.9 Å². The number of anilines is 1. The summed E-state index contributed by atoms with van der Waals surface area (Å²) >= 11 is 0. The van der Waals surface area contributed by atoms with Crippen LogP contribution >= 0.6 is 0 Å². The predicted octanol–water partition coefficient (Wildman–Crippen LogP) is 2.93. The first-order valence-corrected chi connectivity index (χ1v) is 6.07. The van der Waals surface area contributed by atoms with Crippen molar-refractivity contribution in [2.24, 2.45) is 17.8 Å². The lowest BCUT2D eigenvalue weighted by atomic mass is 9.89. The van der Waals surface area contributed by atoms with Crippen LogP contribution in [0.15, 0.2) is 24.4 Å². The molecule has 2 aliphatic rings. The first kappa shape index (κ1) is 9.20. The zero-order chi connectivity index (χ0) is 10.1. The van der Waals surface area contributed by atoms with Gasteiger partial charge in [0.2, 0.25) is 0 Å². The number of nitrogens with one attached hydrogen (secondary N) is 1. The number of aromatic nitrogens is 1. The van der Waals surface area contributed by atoms with Crippen molar-refractivity contribution in [3.8, 4) is 0 Å². The molecule has 1 aromatic rings. The molecule has 1 N–H and O–H groups in total. The summed E-state index contributed by atoms with van der Waals surface area (Å²) in [6, 6.07) is 6.05. The number of fused-ring (bicyclic) bond motifs is 2. The van der Waals surface area contributed by atoms with Crippen LogP contribution in [0.5, 0.6) is 0 Å². The van der Waals surface area contributed by atoms with E-state index in [9.17, 15) is 0 Å².